The van der Waals surface area contributed by atoms with Gasteiger partial charge in [-0.3, -0.25) is 9.59 Å². The molecule has 0 unspecified atom stereocenters. The molecular weight excluding hydrogens is 344 g/mol. The van der Waals surface area contributed by atoms with Gasteiger partial charge in [0.05, 0.1) is 12.8 Å². The van der Waals surface area contributed by atoms with Crippen LogP contribution in [0.4, 0.5) is 0 Å². The highest BCUT2D eigenvalue weighted by molar-refractivity contribution is 6.29. The fourth-order valence-electron chi connectivity index (χ4n) is 3.10. The summed E-state index contributed by atoms with van der Waals surface area (Å²) in [5, 5.41) is 0.377. The van der Waals surface area contributed by atoms with E-state index in [1.54, 1.807) is 11.5 Å². The molecule has 1 aromatic heterocycles. The predicted molar refractivity (Wildman–Crippen MR) is 95.5 cm³/mol. The van der Waals surface area contributed by atoms with E-state index in [0.717, 1.165) is 25.9 Å². The molecule has 140 valence electrons. The highest BCUT2D eigenvalue weighted by Gasteiger charge is 2.24. The van der Waals surface area contributed by atoms with Crippen molar-refractivity contribution in [3.8, 4) is 0 Å². The molecule has 1 saturated heterocycles. The van der Waals surface area contributed by atoms with Crippen LogP contribution < -0.4 is 0 Å². The number of carbonyl (C=O) groups excluding carboxylic acids is 2. The van der Waals surface area contributed by atoms with Gasteiger partial charge in [-0.05, 0) is 33.9 Å². The molecule has 0 atom stereocenters. The van der Waals surface area contributed by atoms with Crippen molar-refractivity contribution in [2.45, 2.75) is 45.2 Å². The maximum atomic E-state index is 12.4. The van der Waals surface area contributed by atoms with Crippen LogP contribution in [0, 0.1) is 0 Å². The first kappa shape index (κ1) is 19.7. The lowest BCUT2D eigenvalue weighted by Crippen LogP contribution is -2.44. The molecule has 2 heterocycles. The van der Waals surface area contributed by atoms with Crippen molar-refractivity contribution in [3.05, 3.63) is 17.2 Å². The molecule has 0 aliphatic carbocycles. The number of likely N-dealkylation sites (tertiary alicyclic amines) is 1. The number of ether oxygens (including phenoxy) is 1. The minimum absolute atomic E-state index is 0.0183. The van der Waals surface area contributed by atoms with Crippen LogP contribution in [0.25, 0.3) is 0 Å². The summed E-state index contributed by atoms with van der Waals surface area (Å²) in [6, 6.07) is 0.548. The Kier molecular flexibility index (Phi) is 7.25. The van der Waals surface area contributed by atoms with Crippen molar-refractivity contribution in [1.82, 2.24) is 19.4 Å². The van der Waals surface area contributed by atoms with Crippen LogP contribution in [0.2, 0.25) is 5.15 Å². The maximum absolute atomic E-state index is 12.4. The monoisotopic (exact) mass is 370 g/mol. The highest BCUT2D eigenvalue weighted by atomic mass is 35.5. The molecule has 0 radical (unpaired) electrons. The first-order valence-corrected chi connectivity index (χ1v) is 9.09. The first-order valence-electron chi connectivity index (χ1n) is 8.72. The number of nitrogens with zero attached hydrogens (tertiary/aromatic N) is 4. The third kappa shape index (κ3) is 5.44. The molecule has 25 heavy (non-hydrogen) atoms. The van der Waals surface area contributed by atoms with Gasteiger partial charge >= 0.3 is 5.97 Å². The van der Waals surface area contributed by atoms with Crippen molar-refractivity contribution < 1.29 is 14.3 Å². The average molecular weight is 371 g/mol. The van der Waals surface area contributed by atoms with E-state index in [4.69, 9.17) is 16.3 Å². The lowest BCUT2D eigenvalue weighted by atomic mass is 10.0. The Hall–Kier alpha value is -1.60. The first-order chi connectivity index (χ1) is 11.9. The number of rotatable bonds is 7. The molecular formula is C17H27ClN4O3. The van der Waals surface area contributed by atoms with Crippen LogP contribution in [0.1, 0.15) is 32.0 Å². The van der Waals surface area contributed by atoms with Gasteiger partial charge in [-0.15, -0.1) is 0 Å². The number of carbonyl (C=O) groups is 2. The molecule has 1 aliphatic heterocycles. The molecule has 0 saturated carbocycles. The van der Waals surface area contributed by atoms with Gasteiger partial charge in [-0.2, -0.15) is 0 Å². The zero-order chi connectivity index (χ0) is 18.4. The van der Waals surface area contributed by atoms with Gasteiger partial charge < -0.3 is 19.1 Å². The number of aryl methyl sites for hydroxylation is 1. The second-order valence-corrected chi connectivity index (χ2v) is 6.85. The van der Waals surface area contributed by atoms with Crippen molar-refractivity contribution in [2.75, 3.05) is 33.8 Å². The Bertz CT molecular complexity index is 595. The smallest absolute Gasteiger partial charge is 0.326 e. The molecule has 2 rings (SSSR count). The zero-order valence-electron chi connectivity index (χ0n) is 15.2. The van der Waals surface area contributed by atoms with Gasteiger partial charge in [-0.25, -0.2) is 4.98 Å². The number of esters is 1. The molecule has 1 amide bonds. The number of halogens is 1. The van der Waals surface area contributed by atoms with E-state index in [-0.39, 0.29) is 18.4 Å². The number of aromatic nitrogens is 2. The minimum Gasteiger partial charge on any atom is -0.465 e. The van der Waals surface area contributed by atoms with E-state index in [1.165, 1.54) is 6.20 Å². The summed E-state index contributed by atoms with van der Waals surface area (Å²) in [6.07, 6.45) is 4.33. The Morgan fingerprint density at radius 1 is 1.36 bits per heavy atom. The number of imidazole rings is 1. The summed E-state index contributed by atoms with van der Waals surface area (Å²) >= 11 is 6.09. The summed E-state index contributed by atoms with van der Waals surface area (Å²) < 4.78 is 6.55. The largest absolute Gasteiger partial charge is 0.465 e. The number of piperidine rings is 1. The Morgan fingerprint density at radius 2 is 2.04 bits per heavy atom. The lowest BCUT2D eigenvalue weighted by molar-refractivity contribution is -0.143. The molecule has 0 bridgehead atoms. The van der Waals surface area contributed by atoms with E-state index in [9.17, 15) is 9.59 Å². The van der Waals surface area contributed by atoms with Gasteiger partial charge in [0, 0.05) is 32.0 Å². The third-order valence-corrected chi connectivity index (χ3v) is 4.89. The lowest BCUT2D eigenvalue weighted by Gasteiger charge is -2.35. The molecule has 1 fully saturated rings. The van der Waals surface area contributed by atoms with Gasteiger partial charge in [0.1, 0.15) is 17.5 Å². The van der Waals surface area contributed by atoms with Gasteiger partial charge in [0.15, 0.2) is 0 Å². The molecule has 0 aromatic carbocycles. The topological polar surface area (TPSA) is 67.7 Å². The third-order valence-electron chi connectivity index (χ3n) is 4.59. The molecule has 1 aromatic rings. The normalized spacial score (nSPS) is 15.6. The summed E-state index contributed by atoms with van der Waals surface area (Å²) in [5.74, 6) is 0.398. The molecule has 0 spiro atoms. The summed E-state index contributed by atoms with van der Waals surface area (Å²) in [7, 11) is 4.16. The van der Waals surface area contributed by atoms with Crippen LogP contribution in [-0.4, -0.2) is 71.1 Å². The predicted octanol–water partition coefficient (Wildman–Crippen LogP) is 1.58. The Morgan fingerprint density at radius 3 is 2.64 bits per heavy atom. The molecule has 7 nitrogen and oxygen atoms in total. The van der Waals surface area contributed by atoms with Crippen molar-refractivity contribution in [2.24, 2.45) is 0 Å². The van der Waals surface area contributed by atoms with Crippen molar-refractivity contribution >= 4 is 23.5 Å². The zero-order valence-corrected chi connectivity index (χ0v) is 16.0. The number of hydrogen-bond acceptors (Lipinski definition) is 5. The van der Waals surface area contributed by atoms with Crippen LogP contribution in [0.3, 0.4) is 0 Å². The Labute approximate surface area is 153 Å². The van der Waals surface area contributed by atoms with E-state index in [2.05, 4.69) is 24.0 Å². The second-order valence-electron chi connectivity index (χ2n) is 6.46. The van der Waals surface area contributed by atoms with E-state index < -0.39 is 0 Å². The van der Waals surface area contributed by atoms with Crippen molar-refractivity contribution in [1.29, 1.82) is 0 Å². The van der Waals surface area contributed by atoms with Gasteiger partial charge in [0.2, 0.25) is 5.91 Å². The fourth-order valence-corrected chi connectivity index (χ4v) is 3.31. The van der Waals surface area contributed by atoms with E-state index in [1.807, 2.05) is 4.90 Å². The summed E-state index contributed by atoms with van der Waals surface area (Å²) in [6.45, 7) is 3.68. The van der Waals surface area contributed by atoms with Crippen LogP contribution in [-0.2, 0) is 27.3 Å². The van der Waals surface area contributed by atoms with Gasteiger partial charge in [-0.1, -0.05) is 11.6 Å². The number of amides is 1. The molecule has 1 aliphatic rings. The standard InChI is InChI=1S/C17H27ClN4O3/c1-4-25-17(24)12-22-14(18)11-19-15(22)5-6-16(23)21-9-7-13(8-10-21)20(2)3/h11,13H,4-10,12H2,1-3H3. The molecule has 8 heteroatoms. The maximum Gasteiger partial charge on any atom is 0.326 e. The highest BCUT2D eigenvalue weighted by Crippen LogP contribution is 2.17. The average Bonchev–Trinajstić information content (AvgIpc) is 2.93. The fraction of sp³-hybridized carbons (Fsp3) is 0.706. The SMILES string of the molecule is CCOC(=O)Cn1c(Cl)cnc1CCC(=O)N1CCC(N(C)C)CC1. The van der Waals surface area contributed by atoms with Gasteiger partial charge in [0.25, 0.3) is 0 Å². The Balaban J connectivity index is 1.87. The van der Waals surface area contributed by atoms with Crippen LogP contribution in [0.5, 0.6) is 0 Å². The van der Waals surface area contributed by atoms with Crippen LogP contribution in [0.15, 0.2) is 6.20 Å². The van der Waals surface area contributed by atoms with Crippen LogP contribution >= 0.6 is 11.6 Å². The quantitative estimate of drug-likeness (QED) is 0.682. The van der Waals surface area contributed by atoms with Crippen molar-refractivity contribution in [3.63, 3.8) is 0 Å². The summed E-state index contributed by atoms with van der Waals surface area (Å²) in [5.41, 5.74) is 0. The number of hydrogen-bond donors (Lipinski definition) is 0. The second kappa shape index (κ2) is 9.20. The minimum atomic E-state index is -0.360. The molecule has 0 N–H and O–H groups in total. The van der Waals surface area contributed by atoms with E-state index in [0.29, 0.717) is 36.5 Å². The summed E-state index contributed by atoms with van der Waals surface area (Å²) in [4.78, 5) is 32.5. The van der Waals surface area contributed by atoms with E-state index >= 15 is 0 Å².